The Balaban J connectivity index is 2.02. The van der Waals surface area contributed by atoms with Crippen molar-refractivity contribution in [1.29, 1.82) is 5.26 Å². The number of aliphatic hydroxyl groups excluding tert-OH is 1. The van der Waals surface area contributed by atoms with Crippen molar-refractivity contribution in [2.24, 2.45) is 0 Å². The molecule has 0 saturated carbocycles. The van der Waals surface area contributed by atoms with E-state index in [9.17, 15) is 0 Å². The van der Waals surface area contributed by atoms with Gasteiger partial charge < -0.3 is 10.0 Å². The van der Waals surface area contributed by atoms with Gasteiger partial charge in [-0.05, 0) is 25.8 Å². The molecule has 0 aromatic carbocycles. The van der Waals surface area contributed by atoms with Gasteiger partial charge in [0.2, 0.25) is 0 Å². The molecule has 86 valence electrons. The third-order valence-corrected chi connectivity index (χ3v) is 2.89. The zero-order chi connectivity index (χ0) is 10.9. The van der Waals surface area contributed by atoms with Crippen molar-refractivity contribution in [2.75, 3.05) is 45.9 Å². The summed E-state index contributed by atoms with van der Waals surface area (Å²) >= 11 is 0. The first kappa shape index (κ1) is 12.4. The minimum absolute atomic E-state index is 0.315. The lowest BCUT2D eigenvalue weighted by atomic mass is 10.2. The molecule has 15 heavy (non-hydrogen) atoms. The molecule has 0 aliphatic carbocycles. The summed E-state index contributed by atoms with van der Waals surface area (Å²) in [5.41, 5.74) is 0. The average Bonchev–Trinajstić information content (AvgIpc) is 2.27. The van der Waals surface area contributed by atoms with Crippen LogP contribution in [0.25, 0.3) is 0 Å². The highest BCUT2D eigenvalue weighted by Crippen LogP contribution is 2.03. The maximum atomic E-state index is 8.65. The van der Waals surface area contributed by atoms with E-state index in [-0.39, 0.29) is 0 Å². The molecule has 0 spiro atoms. The number of nitrogens with zero attached hydrogens (tertiary/aromatic N) is 3. The van der Waals surface area contributed by atoms with Gasteiger partial charge >= 0.3 is 0 Å². The fourth-order valence-electron chi connectivity index (χ4n) is 1.90. The van der Waals surface area contributed by atoms with E-state index in [1.54, 1.807) is 0 Å². The Kier molecular flexibility index (Phi) is 6.33. The van der Waals surface area contributed by atoms with E-state index in [0.29, 0.717) is 13.2 Å². The highest BCUT2D eigenvalue weighted by molar-refractivity contribution is 4.80. The fourth-order valence-corrected chi connectivity index (χ4v) is 1.90. The van der Waals surface area contributed by atoms with E-state index < -0.39 is 0 Å². The van der Waals surface area contributed by atoms with Crippen LogP contribution in [0.4, 0.5) is 0 Å². The normalized spacial score (nSPS) is 18.9. The summed E-state index contributed by atoms with van der Waals surface area (Å²) in [5, 5.41) is 17.2. The second-order valence-electron chi connectivity index (χ2n) is 4.06. The van der Waals surface area contributed by atoms with Crippen molar-refractivity contribution < 1.29 is 5.11 Å². The Morgan fingerprint density at radius 2 is 1.67 bits per heavy atom. The second-order valence-corrected chi connectivity index (χ2v) is 4.06. The summed E-state index contributed by atoms with van der Waals surface area (Å²) in [6.07, 6.45) is 3.22. The molecule has 4 nitrogen and oxygen atoms in total. The van der Waals surface area contributed by atoms with Gasteiger partial charge in [-0.25, -0.2) is 0 Å². The molecule has 4 heteroatoms. The van der Waals surface area contributed by atoms with Crippen LogP contribution in [0.1, 0.15) is 19.3 Å². The molecule has 0 aromatic heterocycles. The minimum atomic E-state index is 0.315. The number of piperazine rings is 1. The molecule has 1 aliphatic heterocycles. The predicted octanol–water partition coefficient (Wildman–Crippen LogP) is 0.290. The fraction of sp³-hybridized carbons (Fsp3) is 0.909. The lowest BCUT2D eigenvalue weighted by Crippen LogP contribution is -2.46. The summed E-state index contributed by atoms with van der Waals surface area (Å²) in [6.45, 7) is 6.23. The minimum Gasteiger partial charge on any atom is -0.396 e. The van der Waals surface area contributed by atoms with Crippen LogP contribution in [0.5, 0.6) is 0 Å². The topological polar surface area (TPSA) is 50.5 Å². The number of nitriles is 1. The van der Waals surface area contributed by atoms with Crippen molar-refractivity contribution in [3.63, 3.8) is 0 Å². The quantitative estimate of drug-likeness (QED) is 0.507. The number of unbranched alkanes of at least 4 members (excludes halogenated alkanes) is 2. The van der Waals surface area contributed by atoms with Gasteiger partial charge in [0, 0.05) is 32.8 Å². The van der Waals surface area contributed by atoms with Crippen LogP contribution >= 0.6 is 0 Å². The Bertz CT molecular complexity index is 194. The molecule has 1 N–H and O–H groups in total. The van der Waals surface area contributed by atoms with Crippen LogP contribution in [-0.4, -0.2) is 60.8 Å². The van der Waals surface area contributed by atoms with E-state index in [1.165, 1.54) is 6.42 Å². The summed E-state index contributed by atoms with van der Waals surface area (Å²) in [7, 11) is 0. The maximum absolute atomic E-state index is 8.65. The van der Waals surface area contributed by atoms with Crippen molar-refractivity contribution in [1.82, 2.24) is 9.80 Å². The molecule has 1 heterocycles. The Hall–Kier alpha value is -0.630. The second kappa shape index (κ2) is 7.63. The van der Waals surface area contributed by atoms with E-state index in [1.807, 2.05) is 0 Å². The molecule has 0 radical (unpaired) electrons. The highest BCUT2D eigenvalue weighted by Gasteiger charge is 2.15. The first-order valence-electron chi connectivity index (χ1n) is 5.79. The molecule has 1 rings (SSSR count). The number of hydrogen-bond acceptors (Lipinski definition) is 4. The van der Waals surface area contributed by atoms with Gasteiger partial charge in [-0.15, -0.1) is 0 Å². The van der Waals surface area contributed by atoms with E-state index in [0.717, 1.165) is 45.6 Å². The summed E-state index contributed by atoms with van der Waals surface area (Å²) in [5.74, 6) is 0. The monoisotopic (exact) mass is 211 g/mol. The summed E-state index contributed by atoms with van der Waals surface area (Å²) in [6, 6.07) is 2.19. The zero-order valence-electron chi connectivity index (χ0n) is 9.36. The van der Waals surface area contributed by atoms with Crippen LogP contribution in [0, 0.1) is 11.3 Å². The average molecular weight is 211 g/mol. The Labute approximate surface area is 92.1 Å². The summed E-state index contributed by atoms with van der Waals surface area (Å²) in [4.78, 5) is 4.65. The smallest absolute Gasteiger partial charge is 0.0866 e. The van der Waals surface area contributed by atoms with Gasteiger partial charge in [0.25, 0.3) is 0 Å². The molecule has 0 atom stereocenters. The molecular formula is C11H21N3O. The first-order valence-corrected chi connectivity index (χ1v) is 5.79. The van der Waals surface area contributed by atoms with Gasteiger partial charge in [0.05, 0.1) is 12.6 Å². The van der Waals surface area contributed by atoms with Crippen LogP contribution in [0.2, 0.25) is 0 Å². The predicted molar refractivity (Wildman–Crippen MR) is 59.4 cm³/mol. The van der Waals surface area contributed by atoms with Crippen molar-refractivity contribution in [3.8, 4) is 6.07 Å². The van der Waals surface area contributed by atoms with Gasteiger partial charge in [-0.1, -0.05) is 0 Å². The molecular weight excluding hydrogens is 190 g/mol. The lowest BCUT2D eigenvalue weighted by Gasteiger charge is -2.33. The van der Waals surface area contributed by atoms with E-state index in [2.05, 4.69) is 15.9 Å². The van der Waals surface area contributed by atoms with Gasteiger partial charge in [-0.2, -0.15) is 5.26 Å². The maximum Gasteiger partial charge on any atom is 0.0866 e. The van der Waals surface area contributed by atoms with Crippen LogP contribution in [0.15, 0.2) is 0 Å². The van der Waals surface area contributed by atoms with Crippen LogP contribution < -0.4 is 0 Å². The van der Waals surface area contributed by atoms with Gasteiger partial charge in [0.1, 0.15) is 0 Å². The molecule has 1 fully saturated rings. The molecule has 0 unspecified atom stereocenters. The Morgan fingerprint density at radius 1 is 1.00 bits per heavy atom. The van der Waals surface area contributed by atoms with E-state index in [4.69, 9.17) is 10.4 Å². The lowest BCUT2D eigenvalue weighted by molar-refractivity contribution is 0.141. The van der Waals surface area contributed by atoms with Crippen molar-refractivity contribution >= 4 is 0 Å². The Morgan fingerprint density at radius 3 is 2.27 bits per heavy atom. The number of hydrogen-bond donors (Lipinski definition) is 1. The van der Waals surface area contributed by atoms with Crippen LogP contribution in [-0.2, 0) is 0 Å². The largest absolute Gasteiger partial charge is 0.396 e. The van der Waals surface area contributed by atoms with Crippen molar-refractivity contribution in [3.05, 3.63) is 0 Å². The van der Waals surface area contributed by atoms with E-state index >= 15 is 0 Å². The van der Waals surface area contributed by atoms with Crippen LogP contribution in [0.3, 0.4) is 0 Å². The molecule has 0 amide bonds. The standard InChI is InChI=1S/C11H21N3O/c12-4-6-14-9-7-13(8-10-14)5-2-1-3-11-15/h15H,1-3,5-11H2. The van der Waals surface area contributed by atoms with Gasteiger partial charge in [-0.3, -0.25) is 4.90 Å². The molecule has 0 bridgehead atoms. The SMILES string of the molecule is N#CCN1CCN(CCCCCO)CC1. The first-order chi connectivity index (χ1) is 7.36. The van der Waals surface area contributed by atoms with Gasteiger partial charge in [0.15, 0.2) is 0 Å². The third kappa shape index (κ3) is 5.12. The number of aliphatic hydroxyl groups is 1. The molecule has 1 saturated heterocycles. The zero-order valence-corrected chi connectivity index (χ0v) is 9.36. The molecule has 1 aliphatic rings. The number of rotatable bonds is 6. The third-order valence-electron chi connectivity index (χ3n) is 2.89. The summed E-state index contributed by atoms with van der Waals surface area (Å²) < 4.78 is 0. The molecule has 0 aromatic rings. The van der Waals surface area contributed by atoms with Crippen molar-refractivity contribution in [2.45, 2.75) is 19.3 Å². The highest BCUT2D eigenvalue weighted by atomic mass is 16.2.